The summed E-state index contributed by atoms with van der Waals surface area (Å²) in [6, 6.07) is 33.7. The van der Waals surface area contributed by atoms with E-state index in [1.165, 1.54) is 47.8 Å². The van der Waals surface area contributed by atoms with E-state index in [0.717, 1.165) is 16.8 Å². The number of fused-ring (bicyclic) bond motifs is 6. The Balaban J connectivity index is 0.00000175. The molecule has 1 aliphatic rings. The molecule has 0 amide bonds. The maximum absolute atomic E-state index is 5.09. The fourth-order valence-electron chi connectivity index (χ4n) is 4.69. The Morgan fingerprint density at radius 2 is 1.47 bits per heavy atom. The van der Waals surface area contributed by atoms with Crippen LogP contribution in [-0.2, 0) is 20.1 Å². The summed E-state index contributed by atoms with van der Waals surface area (Å²) < 4.78 is 2.57. The zero-order chi connectivity index (χ0) is 18.9. The summed E-state index contributed by atoms with van der Waals surface area (Å²) in [6.45, 7) is 0. The molecule has 7 rings (SSSR count). The zero-order valence-corrected chi connectivity index (χ0v) is 19.0. The third-order valence-electron chi connectivity index (χ3n) is 5.94. The maximum Gasteiger partial charge on any atom is 0.0607 e. The largest absolute Gasteiger partial charge is 0.296 e. The van der Waals surface area contributed by atoms with Crippen molar-refractivity contribution in [3.8, 4) is 33.5 Å². The van der Waals surface area contributed by atoms with Crippen molar-refractivity contribution in [1.82, 2.24) is 4.98 Å². The van der Waals surface area contributed by atoms with E-state index in [4.69, 9.17) is 4.98 Å². The first kappa shape index (κ1) is 18.0. The van der Waals surface area contributed by atoms with E-state index in [-0.39, 0.29) is 20.1 Å². The molecule has 0 bridgehead atoms. The second-order valence-corrected chi connectivity index (χ2v) is 8.55. The van der Waals surface area contributed by atoms with Crippen LogP contribution in [0.1, 0.15) is 0 Å². The molecule has 3 heteroatoms. The van der Waals surface area contributed by atoms with Crippen LogP contribution in [-0.4, -0.2) is 4.98 Å². The second kappa shape index (κ2) is 6.58. The van der Waals surface area contributed by atoms with Gasteiger partial charge in [0.1, 0.15) is 0 Å². The first-order valence-electron chi connectivity index (χ1n) is 9.74. The summed E-state index contributed by atoms with van der Waals surface area (Å²) in [5, 5.41) is 3.86. The van der Waals surface area contributed by atoms with Crippen LogP contribution in [0.2, 0.25) is 0 Å². The van der Waals surface area contributed by atoms with E-state index in [1.54, 1.807) is 0 Å². The van der Waals surface area contributed by atoms with Crippen LogP contribution in [0, 0.1) is 6.07 Å². The van der Waals surface area contributed by atoms with Gasteiger partial charge in [-0.3, -0.25) is 4.98 Å². The molecule has 143 valence electrons. The van der Waals surface area contributed by atoms with Crippen molar-refractivity contribution in [3.05, 3.63) is 91.0 Å². The van der Waals surface area contributed by atoms with Crippen LogP contribution in [0.5, 0.6) is 0 Å². The van der Waals surface area contributed by atoms with Crippen LogP contribution >= 0.6 is 11.3 Å². The molecule has 1 radical (unpaired) electrons. The molecule has 1 aliphatic carbocycles. The fraction of sp³-hybridized carbons (Fsp3) is 0. The Morgan fingerprint density at radius 1 is 0.700 bits per heavy atom. The third-order valence-corrected chi connectivity index (χ3v) is 7.14. The average Bonchev–Trinajstić information content (AvgIpc) is 3.31. The SMILES string of the molecule is [Ir].[c-]1ccc2c(sc3ccccc32)c1-c1cc2c3c(cccc3n1)-c1ccccc1-2. The van der Waals surface area contributed by atoms with Crippen LogP contribution in [0.15, 0.2) is 84.9 Å². The Kier molecular flexibility index (Phi) is 3.94. The van der Waals surface area contributed by atoms with Gasteiger partial charge in [-0.1, -0.05) is 66.0 Å². The van der Waals surface area contributed by atoms with Gasteiger partial charge in [0.15, 0.2) is 0 Å². The quantitative estimate of drug-likeness (QED) is 0.183. The van der Waals surface area contributed by atoms with E-state index in [1.807, 2.05) is 17.4 Å². The first-order valence-corrected chi connectivity index (χ1v) is 10.6. The van der Waals surface area contributed by atoms with Gasteiger partial charge in [-0.2, -0.15) is 11.3 Å². The molecule has 0 saturated heterocycles. The summed E-state index contributed by atoms with van der Waals surface area (Å²) in [4.78, 5) is 5.09. The van der Waals surface area contributed by atoms with E-state index in [9.17, 15) is 0 Å². The summed E-state index contributed by atoms with van der Waals surface area (Å²) in [7, 11) is 0. The third kappa shape index (κ3) is 2.34. The van der Waals surface area contributed by atoms with E-state index >= 15 is 0 Å². The summed E-state index contributed by atoms with van der Waals surface area (Å²) >= 11 is 1.83. The number of pyridine rings is 1. The van der Waals surface area contributed by atoms with Gasteiger partial charge in [0.2, 0.25) is 0 Å². The van der Waals surface area contributed by atoms with E-state index in [2.05, 4.69) is 84.9 Å². The molecule has 0 N–H and O–H groups in total. The van der Waals surface area contributed by atoms with Crippen molar-refractivity contribution in [1.29, 1.82) is 0 Å². The molecular formula is C27H14IrNS-. The minimum Gasteiger partial charge on any atom is -0.296 e. The number of rotatable bonds is 1. The number of nitrogens with zero attached hydrogens (tertiary/aromatic N) is 1. The number of aromatic nitrogens is 1. The van der Waals surface area contributed by atoms with Crippen LogP contribution in [0.4, 0.5) is 0 Å². The molecule has 0 saturated carbocycles. The summed E-state index contributed by atoms with van der Waals surface area (Å²) in [6.07, 6.45) is 0. The summed E-state index contributed by atoms with van der Waals surface area (Å²) in [5.74, 6) is 0. The van der Waals surface area contributed by atoms with Gasteiger partial charge in [0, 0.05) is 30.2 Å². The number of benzene rings is 4. The first-order chi connectivity index (χ1) is 14.4. The van der Waals surface area contributed by atoms with E-state index in [0.29, 0.717) is 0 Å². The molecule has 2 aromatic heterocycles. The van der Waals surface area contributed by atoms with Gasteiger partial charge < -0.3 is 0 Å². The van der Waals surface area contributed by atoms with Crippen molar-refractivity contribution in [2.24, 2.45) is 0 Å². The van der Waals surface area contributed by atoms with Crippen LogP contribution in [0.3, 0.4) is 0 Å². The van der Waals surface area contributed by atoms with Gasteiger partial charge in [0.05, 0.1) is 5.52 Å². The molecule has 2 heterocycles. The topological polar surface area (TPSA) is 12.9 Å². The number of hydrogen-bond donors (Lipinski definition) is 0. The molecule has 0 fully saturated rings. The van der Waals surface area contributed by atoms with Gasteiger partial charge in [-0.15, -0.1) is 23.8 Å². The molecule has 6 aromatic rings. The number of hydrogen-bond acceptors (Lipinski definition) is 2. The zero-order valence-electron chi connectivity index (χ0n) is 15.8. The normalized spacial score (nSPS) is 11.7. The maximum atomic E-state index is 5.09. The standard InChI is InChI=1S/C27H14NS.Ir/c1-2-8-17-16(7-1)19-10-6-13-23-26(19)22(17)15-24(28-23)21-12-5-11-20-18-9-3-4-14-25(18)29-27(20)21;/h1-11,13-15H;/q-1;. The summed E-state index contributed by atoms with van der Waals surface area (Å²) in [5.41, 5.74) is 8.31. The second-order valence-electron chi connectivity index (χ2n) is 7.49. The predicted octanol–water partition coefficient (Wildman–Crippen LogP) is 7.71. The Morgan fingerprint density at radius 3 is 2.37 bits per heavy atom. The van der Waals surface area contributed by atoms with Crippen molar-refractivity contribution in [2.45, 2.75) is 0 Å². The minimum atomic E-state index is 0. The van der Waals surface area contributed by atoms with Gasteiger partial charge in [0.25, 0.3) is 0 Å². The average molecular weight is 577 g/mol. The molecule has 0 unspecified atom stereocenters. The smallest absolute Gasteiger partial charge is 0.0607 e. The van der Waals surface area contributed by atoms with Crippen molar-refractivity contribution < 1.29 is 20.1 Å². The Hall–Kier alpha value is -2.84. The van der Waals surface area contributed by atoms with Crippen molar-refractivity contribution >= 4 is 42.4 Å². The van der Waals surface area contributed by atoms with Crippen LogP contribution < -0.4 is 0 Å². The predicted molar refractivity (Wildman–Crippen MR) is 123 cm³/mol. The van der Waals surface area contributed by atoms with E-state index < -0.39 is 0 Å². The van der Waals surface area contributed by atoms with Gasteiger partial charge in [-0.05, 0) is 50.2 Å². The molecule has 4 aromatic carbocycles. The molecule has 0 aliphatic heterocycles. The molecule has 0 spiro atoms. The van der Waals surface area contributed by atoms with Crippen LogP contribution in [0.25, 0.3) is 64.6 Å². The van der Waals surface area contributed by atoms with Gasteiger partial charge in [-0.25, -0.2) is 0 Å². The van der Waals surface area contributed by atoms with Crippen molar-refractivity contribution in [3.63, 3.8) is 0 Å². The van der Waals surface area contributed by atoms with Gasteiger partial charge >= 0.3 is 0 Å². The molecular weight excluding hydrogens is 563 g/mol. The van der Waals surface area contributed by atoms with Crippen molar-refractivity contribution in [2.75, 3.05) is 0 Å². The number of thiophene rings is 1. The monoisotopic (exact) mass is 577 g/mol. The Labute approximate surface area is 191 Å². The molecule has 0 atom stereocenters. The minimum absolute atomic E-state index is 0. The Bertz CT molecular complexity index is 1610. The fourth-order valence-corrected chi connectivity index (χ4v) is 5.89. The molecule has 30 heavy (non-hydrogen) atoms. The molecule has 1 nitrogen and oxygen atoms in total.